The number of aryl methyl sites for hydroxylation is 2. The minimum atomic E-state index is 0.775. The molecule has 0 bridgehead atoms. The first kappa shape index (κ1) is 12.0. The van der Waals surface area contributed by atoms with Crippen LogP contribution in [0.2, 0.25) is 0 Å². The molecule has 0 aromatic carbocycles. The smallest absolute Gasteiger partial charge is 0.188 e. The zero-order chi connectivity index (χ0) is 11.7. The number of halogens is 2. The van der Waals surface area contributed by atoms with Crippen molar-refractivity contribution in [2.24, 2.45) is 0 Å². The van der Waals surface area contributed by atoms with E-state index in [0.717, 1.165) is 25.6 Å². The highest BCUT2D eigenvalue weighted by Gasteiger charge is 2.07. The van der Waals surface area contributed by atoms with Crippen LogP contribution >= 0.6 is 43.2 Å². The molecule has 0 aliphatic rings. The van der Waals surface area contributed by atoms with Gasteiger partial charge in [-0.15, -0.1) is 11.3 Å². The number of anilines is 2. The number of nitrogens with zero attached hydrogens (tertiary/aromatic N) is 2. The Morgan fingerprint density at radius 2 is 2.06 bits per heavy atom. The van der Waals surface area contributed by atoms with Gasteiger partial charge in [0.2, 0.25) is 0 Å². The summed E-state index contributed by atoms with van der Waals surface area (Å²) in [6.45, 7) is 4.06. The molecule has 6 heteroatoms. The monoisotopic (exact) mass is 361 g/mol. The molecule has 0 saturated heterocycles. The minimum Gasteiger partial charge on any atom is -0.315 e. The molecule has 0 aliphatic heterocycles. The van der Waals surface area contributed by atoms with Crippen LogP contribution in [0.4, 0.5) is 10.9 Å². The maximum atomic E-state index is 4.40. The molecule has 0 amide bonds. The van der Waals surface area contributed by atoms with Crippen molar-refractivity contribution in [1.29, 1.82) is 0 Å². The second kappa shape index (κ2) is 4.81. The van der Waals surface area contributed by atoms with E-state index in [1.54, 1.807) is 17.5 Å². The number of hydrogen-bond acceptors (Lipinski definition) is 4. The third-order valence-electron chi connectivity index (χ3n) is 2.06. The fourth-order valence-corrected chi connectivity index (χ4v) is 3.03. The Morgan fingerprint density at radius 3 is 2.62 bits per heavy atom. The fraction of sp³-hybridized carbons (Fsp3) is 0.200. The highest BCUT2D eigenvalue weighted by atomic mass is 79.9. The van der Waals surface area contributed by atoms with Crippen molar-refractivity contribution in [1.82, 2.24) is 9.97 Å². The molecule has 0 aliphatic carbocycles. The Balaban J connectivity index is 2.27. The SMILES string of the molecule is Cc1nc(Nc2ncc(Br)cc2Br)sc1C. The fourth-order valence-electron chi connectivity index (χ4n) is 1.13. The first-order valence-corrected chi connectivity index (χ1v) is 6.98. The molecule has 2 aromatic heterocycles. The standard InChI is InChI=1S/C10H9Br2N3S/c1-5-6(2)16-10(14-5)15-9-8(12)3-7(11)4-13-9/h3-4H,1-2H3,(H,13,14,15). The lowest BCUT2D eigenvalue weighted by Crippen LogP contribution is -1.93. The number of nitrogens with one attached hydrogen (secondary N) is 1. The Labute approximate surface area is 115 Å². The van der Waals surface area contributed by atoms with Gasteiger partial charge in [0.15, 0.2) is 5.13 Å². The summed E-state index contributed by atoms with van der Waals surface area (Å²) >= 11 is 8.44. The summed E-state index contributed by atoms with van der Waals surface area (Å²) in [5.41, 5.74) is 1.06. The van der Waals surface area contributed by atoms with E-state index in [2.05, 4.69) is 54.1 Å². The normalized spacial score (nSPS) is 10.5. The van der Waals surface area contributed by atoms with E-state index < -0.39 is 0 Å². The zero-order valence-corrected chi connectivity index (χ0v) is 12.7. The van der Waals surface area contributed by atoms with Gasteiger partial charge in [0, 0.05) is 15.5 Å². The predicted molar refractivity (Wildman–Crippen MR) is 74.5 cm³/mol. The van der Waals surface area contributed by atoms with E-state index >= 15 is 0 Å². The van der Waals surface area contributed by atoms with Gasteiger partial charge in [0.05, 0.1) is 10.2 Å². The molecule has 0 saturated carbocycles. The van der Waals surface area contributed by atoms with Gasteiger partial charge in [0.25, 0.3) is 0 Å². The highest BCUT2D eigenvalue weighted by molar-refractivity contribution is 9.11. The third kappa shape index (κ3) is 2.61. The predicted octanol–water partition coefficient (Wildman–Crippen LogP) is 4.42. The van der Waals surface area contributed by atoms with Gasteiger partial charge in [-0.3, -0.25) is 0 Å². The van der Waals surface area contributed by atoms with Gasteiger partial charge in [-0.2, -0.15) is 0 Å². The summed E-state index contributed by atoms with van der Waals surface area (Å²) in [7, 11) is 0. The van der Waals surface area contributed by atoms with Gasteiger partial charge in [-0.05, 0) is 51.8 Å². The molecule has 0 fully saturated rings. The van der Waals surface area contributed by atoms with Gasteiger partial charge < -0.3 is 5.32 Å². The summed E-state index contributed by atoms with van der Waals surface area (Å²) in [5, 5.41) is 4.06. The van der Waals surface area contributed by atoms with Crippen molar-refractivity contribution in [2.45, 2.75) is 13.8 Å². The second-order valence-corrected chi connectivity index (χ2v) is 6.24. The van der Waals surface area contributed by atoms with Crippen LogP contribution in [-0.4, -0.2) is 9.97 Å². The van der Waals surface area contributed by atoms with Crippen molar-refractivity contribution in [2.75, 3.05) is 5.32 Å². The largest absolute Gasteiger partial charge is 0.315 e. The van der Waals surface area contributed by atoms with Crippen LogP contribution in [0.25, 0.3) is 0 Å². The van der Waals surface area contributed by atoms with Crippen molar-refractivity contribution >= 4 is 54.1 Å². The molecule has 1 N–H and O–H groups in total. The maximum Gasteiger partial charge on any atom is 0.188 e. The summed E-state index contributed by atoms with van der Waals surface area (Å²) in [6, 6.07) is 1.95. The molecule has 2 heterocycles. The zero-order valence-electron chi connectivity index (χ0n) is 8.71. The quantitative estimate of drug-likeness (QED) is 0.858. The van der Waals surface area contributed by atoms with Gasteiger partial charge in [-0.1, -0.05) is 0 Å². The van der Waals surface area contributed by atoms with E-state index in [1.165, 1.54) is 4.88 Å². The molecule has 3 nitrogen and oxygen atoms in total. The third-order valence-corrected chi connectivity index (χ3v) is 4.09. The van der Waals surface area contributed by atoms with Crippen LogP contribution in [0.3, 0.4) is 0 Å². The van der Waals surface area contributed by atoms with Gasteiger partial charge >= 0.3 is 0 Å². The summed E-state index contributed by atoms with van der Waals surface area (Å²) in [5.74, 6) is 0.775. The van der Waals surface area contributed by atoms with E-state index in [1.807, 2.05) is 13.0 Å². The highest BCUT2D eigenvalue weighted by Crippen LogP contribution is 2.29. The summed E-state index contributed by atoms with van der Waals surface area (Å²) in [4.78, 5) is 9.90. The van der Waals surface area contributed by atoms with Gasteiger partial charge in [0.1, 0.15) is 5.82 Å². The van der Waals surface area contributed by atoms with Crippen molar-refractivity contribution < 1.29 is 0 Å². The van der Waals surface area contributed by atoms with Crippen molar-refractivity contribution in [3.8, 4) is 0 Å². The summed E-state index contributed by atoms with van der Waals surface area (Å²) in [6.07, 6.45) is 1.75. The molecule has 2 aromatic rings. The van der Waals surface area contributed by atoms with Gasteiger partial charge in [-0.25, -0.2) is 9.97 Å². The van der Waals surface area contributed by atoms with Crippen LogP contribution in [0.5, 0.6) is 0 Å². The Morgan fingerprint density at radius 1 is 1.31 bits per heavy atom. The first-order valence-electron chi connectivity index (χ1n) is 4.58. The molecule has 0 atom stereocenters. The van der Waals surface area contributed by atoms with E-state index in [0.29, 0.717) is 0 Å². The summed E-state index contributed by atoms with van der Waals surface area (Å²) < 4.78 is 1.85. The lowest BCUT2D eigenvalue weighted by Gasteiger charge is -2.03. The van der Waals surface area contributed by atoms with Crippen molar-refractivity contribution in [3.05, 3.63) is 31.8 Å². The maximum absolute atomic E-state index is 4.40. The number of aromatic nitrogens is 2. The lowest BCUT2D eigenvalue weighted by atomic mass is 10.4. The molecule has 16 heavy (non-hydrogen) atoms. The second-order valence-electron chi connectivity index (χ2n) is 3.27. The molecule has 0 radical (unpaired) electrons. The van der Waals surface area contributed by atoms with Crippen LogP contribution in [0, 0.1) is 13.8 Å². The van der Waals surface area contributed by atoms with Crippen LogP contribution in [0.1, 0.15) is 10.6 Å². The number of thiazole rings is 1. The van der Waals surface area contributed by atoms with Crippen LogP contribution in [0.15, 0.2) is 21.2 Å². The Bertz CT molecular complexity index is 505. The first-order chi connectivity index (χ1) is 7.56. The molecule has 0 unspecified atom stereocenters. The average molecular weight is 363 g/mol. The van der Waals surface area contributed by atoms with E-state index in [4.69, 9.17) is 0 Å². The number of rotatable bonds is 2. The Kier molecular flexibility index (Phi) is 3.61. The number of pyridine rings is 1. The topological polar surface area (TPSA) is 37.8 Å². The minimum absolute atomic E-state index is 0.775. The van der Waals surface area contributed by atoms with Crippen LogP contribution < -0.4 is 5.32 Å². The molecule has 84 valence electrons. The van der Waals surface area contributed by atoms with Crippen LogP contribution in [-0.2, 0) is 0 Å². The molecular weight excluding hydrogens is 354 g/mol. The molecule has 0 spiro atoms. The lowest BCUT2D eigenvalue weighted by molar-refractivity contribution is 1.21. The molecular formula is C10H9Br2N3S. The Hall–Kier alpha value is -0.460. The molecule has 2 rings (SSSR count). The van der Waals surface area contributed by atoms with Crippen molar-refractivity contribution in [3.63, 3.8) is 0 Å². The van der Waals surface area contributed by atoms with E-state index in [9.17, 15) is 0 Å². The van der Waals surface area contributed by atoms with E-state index in [-0.39, 0.29) is 0 Å². The number of hydrogen-bond donors (Lipinski definition) is 1. The average Bonchev–Trinajstić information content (AvgIpc) is 2.51.